The lowest BCUT2D eigenvalue weighted by Gasteiger charge is -2.48. The summed E-state index contributed by atoms with van der Waals surface area (Å²) in [6, 6.07) is 13.0. The Bertz CT molecular complexity index is 1880. The van der Waals surface area contributed by atoms with E-state index in [1.807, 2.05) is 50.2 Å². The lowest BCUT2D eigenvalue weighted by atomic mass is 9.63. The molecule has 4 aliphatic rings. The second-order valence-corrected chi connectivity index (χ2v) is 14.7. The van der Waals surface area contributed by atoms with Gasteiger partial charge in [-0.3, -0.25) is 14.4 Å². The topological polar surface area (TPSA) is 145 Å². The predicted octanol–water partition coefficient (Wildman–Crippen LogP) is 2.28. The number of nitrogens with one attached hydrogen (secondary N) is 1. The fraction of sp³-hybridized carbons (Fsp3) is 0.500. The van der Waals surface area contributed by atoms with Gasteiger partial charge in [0.2, 0.25) is 5.91 Å². The van der Waals surface area contributed by atoms with Gasteiger partial charge >= 0.3 is 5.76 Å². The van der Waals surface area contributed by atoms with Gasteiger partial charge in [0.05, 0.1) is 23.6 Å². The minimum Gasteiger partial charge on any atom is -0.345 e. The number of hydrogen-bond acceptors (Lipinski definition) is 8. The molecule has 48 heavy (non-hydrogen) atoms. The predicted molar refractivity (Wildman–Crippen MR) is 175 cm³/mol. The van der Waals surface area contributed by atoms with Crippen LogP contribution in [0.1, 0.15) is 81.9 Å². The third kappa shape index (κ3) is 4.78. The van der Waals surface area contributed by atoms with E-state index in [1.54, 1.807) is 47.6 Å². The standard InChI is InChI=1S/C36H41N7O5/c1-35(2)29(38-19-30(44)42-25(18-37)15-24-16-28(24)42)17-36(33-39-34(47)48-43(33)35)26-11-9-22(31(45)40(3)4)13-20(26)7-8-21-14-23(10-12-27(21)36)32(46)41(5)6/h9-14,24-25,28-29,38H,7-8,15-17,19H2,1-6H3/t24-,25?,28+,29+/m1/s1. The molecule has 12 nitrogen and oxygen atoms in total. The van der Waals surface area contributed by atoms with Crippen molar-refractivity contribution in [2.24, 2.45) is 5.92 Å². The molecule has 1 saturated heterocycles. The molecule has 3 amide bonds. The number of benzene rings is 2. The van der Waals surface area contributed by atoms with Crippen LogP contribution in [0.15, 0.2) is 45.7 Å². The molecule has 0 radical (unpaired) electrons. The smallest absolute Gasteiger partial charge is 0.345 e. The first kappa shape index (κ1) is 31.8. The van der Waals surface area contributed by atoms with Gasteiger partial charge < -0.3 is 24.5 Å². The van der Waals surface area contributed by atoms with Crippen LogP contribution in [-0.4, -0.2) is 95.0 Å². The molecule has 2 aliphatic heterocycles. The van der Waals surface area contributed by atoms with Crippen molar-refractivity contribution in [1.29, 1.82) is 5.26 Å². The van der Waals surface area contributed by atoms with Gasteiger partial charge in [-0.1, -0.05) is 12.1 Å². The van der Waals surface area contributed by atoms with Crippen LogP contribution in [0.5, 0.6) is 0 Å². The number of amides is 3. The van der Waals surface area contributed by atoms with E-state index in [-0.39, 0.29) is 30.3 Å². The van der Waals surface area contributed by atoms with Crippen LogP contribution < -0.4 is 11.1 Å². The summed E-state index contributed by atoms with van der Waals surface area (Å²) in [5.41, 5.74) is 2.92. The van der Waals surface area contributed by atoms with Crippen molar-refractivity contribution in [2.75, 3.05) is 34.7 Å². The summed E-state index contributed by atoms with van der Waals surface area (Å²) < 4.78 is 7.44. The molecule has 250 valence electrons. The molecular weight excluding hydrogens is 610 g/mol. The van der Waals surface area contributed by atoms with Gasteiger partial charge in [-0.2, -0.15) is 15.0 Å². The first-order valence-corrected chi connectivity index (χ1v) is 16.5. The molecule has 1 spiro atoms. The molecule has 1 saturated carbocycles. The van der Waals surface area contributed by atoms with Gasteiger partial charge in [0.25, 0.3) is 11.8 Å². The molecule has 0 bridgehead atoms. The molecule has 1 unspecified atom stereocenters. The second-order valence-electron chi connectivity index (χ2n) is 14.7. The molecule has 1 aromatic heterocycles. The molecule has 2 aromatic carbocycles. The van der Waals surface area contributed by atoms with Crippen LogP contribution in [0.3, 0.4) is 0 Å². The average Bonchev–Trinajstić information content (AvgIpc) is 3.57. The Morgan fingerprint density at radius 2 is 1.56 bits per heavy atom. The van der Waals surface area contributed by atoms with Crippen molar-refractivity contribution in [3.8, 4) is 6.07 Å². The molecule has 2 fully saturated rings. The van der Waals surface area contributed by atoms with Gasteiger partial charge in [-0.15, -0.1) is 0 Å². The largest absolute Gasteiger partial charge is 0.459 e. The van der Waals surface area contributed by atoms with Crippen molar-refractivity contribution < 1.29 is 18.9 Å². The Kier molecular flexibility index (Phi) is 7.40. The van der Waals surface area contributed by atoms with Gasteiger partial charge in [0, 0.05) is 51.4 Å². The highest BCUT2D eigenvalue weighted by Crippen LogP contribution is 2.52. The molecular formula is C36H41N7O5. The maximum Gasteiger partial charge on any atom is 0.459 e. The fourth-order valence-electron chi connectivity index (χ4n) is 8.37. The van der Waals surface area contributed by atoms with E-state index in [0.29, 0.717) is 42.1 Å². The summed E-state index contributed by atoms with van der Waals surface area (Å²) in [4.78, 5) is 62.2. The number of carbonyl (C=O) groups excluding carboxylic acids is 3. The third-order valence-electron chi connectivity index (χ3n) is 11.0. The normalized spacial score (nSPS) is 24.0. The minimum atomic E-state index is -1.02. The van der Waals surface area contributed by atoms with Gasteiger partial charge in [-0.05, 0) is 98.4 Å². The molecule has 3 aromatic rings. The van der Waals surface area contributed by atoms with E-state index in [1.165, 1.54) is 0 Å². The first-order chi connectivity index (χ1) is 22.8. The van der Waals surface area contributed by atoms with E-state index >= 15 is 0 Å². The average molecular weight is 652 g/mol. The summed E-state index contributed by atoms with van der Waals surface area (Å²) in [7, 11) is 6.86. The van der Waals surface area contributed by atoms with E-state index in [9.17, 15) is 24.4 Å². The Balaban J connectivity index is 1.39. The zero-order chi connectivity index (χ0) is 34.3. The Labute approximate surface area is 279 Å². The first-order valence-electron chi connectivity index (χ1n) is 16.5. The van der Waals surface area contributed by atoms with Crippen molar-refractivity contribution >= 4 is 17.7 Å². The highest BCUT2D eigenvalue weighted by atomic mass is 16.5. The molecule has 4 atom stereocenters. The minimum absolute atomic E-state index is 0.0199. The van der Waals surface area contributed by atoms with Crippen molar-refractivity contribution in [3.63, 3.8) is 0 Å². The zero-order valence-electron chi connectivity index (χ0n) is 28.2. The molecule has 3 heterocycles. The van der Waals surface area contributed by atoms with Crippen LogP contribution in [-0.2, 0) is 28.6 Å². The van der Waals surface area contributed by atoms with Crippen molar-refractivity contribution in [1.82, 2.24) is 29.7 Å². The Morgan fingerprint density at radius 3 is 2.10 bits per heavy atom. The number of likely N-dealkylation sites (tertiary alicyclic amines) is 1. The highest BCUT2D eigenvalue weighted by Gasteiger charge is 2.57. The number of hydrogen-bond donors (Lipinski definition) is 1. The van der Waals surface area contributed by atoms with E-state index in [2.05, 4.69) is 16.4 Å². The summed E-state index contributed by atoms with van der Waals surface area (Å²) in [6.45, 7) is 3.93. The summed E-state index contributed by atoms with van der Waals surface area (Å²) in [5.74, 6) is -0.241. The van der Waals surface area contributed by atoms with Gasteiger partial charge in [0.1, 0.15) is 6.04 Å². The lowest BCUT2D eigenvalue weighted by Crippen LogP contribution is -2.59. The number of carbonyl (C=O) groups is 3. The van der Waals surface area contributed by atoms with Crippen LogP contribution in [0.4, 0.5) is 0 Å². The number of rotatable bonds is 5. The number of piperidine rings is 1. The van der Waals surface area contributed by atoms with Crippen LogP contribution >= 0.6 is 0 Å². The Hall–Kier alpha value is -4.76. The summed E-state index contributed by atoms with van der Waals surface area (Å²) in [5, 5.41) is 13.3. The number of nitriles is 1. The van der Waals surface area contributed by atoms with Crippen molar-refractivity contribution in [3.05, 3.63) is 86.2 Å². The van der Waals surface area contributed by atoms with Gasteiger partial charge in [-0.25, -0.2) is 4.79 Å². The van der Waals surface area contributed by atoms with Crippen LogP contribution in [0.2, 0.25) is 0 Å². The summed E-state index contributed by atoms with van der Waals surface area (Å²) >= 11 is 0. The maximum atomic E-state index is 13.6. The Morgan fingerprint density at radius 1 is 0.979 bits per heavy atom. The van der Waals surface area contributed by atoms with Crippen molar-refractivity contribution in [2.45, 2.75) is 75.0 Å². The SMILES string of the molecule is CN(C)C(=O)c1ccc2c(c1)CCc1cc(C(=O)N(C)C)ccc1C21C[C@H](NCC(=O)N2C(C#N)C[C@@H]3C[C@@H]32)C(C)(C)n2oc(=O)nc21. The number of aromatic nitrogens is 2. The lowest BCUT2D eigenvalue weighted by molar-refractivity contribution is -0.131. The monoisotopic (exact) mass is 651 g/mol. The van der Waals surface area contributed by atoms with E-state index in [4.69, 9.17) is 4.52 Å². The second kappa shape index (κ2) is 11.2. The number of fused-ring (bicyclic) bond motifs is 7. The molecule has 2 aliphatic carbocycles. The molecule has 7 rings (SSSR count). The van der Waals surface area contributed by atoms with Crippen LogP contribution in [0, 0.1) is 17.2 Å². The van der Waals surface area contributed by atoms with Crippen LogP contribution in [0.25, 0.3) is 0 Å². The maximum absolute atomic E-state index is 13.6. The van der Waals surface area contributed by atoms with E-state index in [0.717, 1.165) is 35.1 Å². The zero-order valence-corrected chi connectivity index (χ0v) is 28.2. The van der Waals surface area contributed by atoms with E-state index < -0.39 is 28.8 Å². The quantitative estimate of drug-likeness (QED) is 0.443. The van der Waals surface area contributed by atoms with Gasteiger partial charge in [0.15, 0.2) is 5.82 Å². The third-order valence-corrected chi connectivity index (χ3v) is 11.0. The highest BCUT2D eigenvalue weighted by molar-refractivity contribution is 5.95. The molecule has 1 N–H and O–H groups in total. The molecule has 12 heteroatoms. The number of nitrogens with zero attached hydrogens (tertiary/aromatic N) is 6. The number of aryl methyl sites for hydroxylation is 2. The fourth-order valence-corrected chi connectivity index (χ4v) is 8.37. The summed E-state index contributed by atoms with van der Waals surface area (Å²) in [6.07, 6.45) is 3.25.